The Labute approximate surface area is 241 Å². The molecule has 0 unspecified atom stereocenters. The summed E-state index contributed by atoms with van der Waals surface area (Å²) in [6, 6.07) is 3.68. The van der Waals surface area contributed by atoms with Gasteiger partial charge in [0.05, 0.1) is 31.6 Å². The third-order valence-electron chi connectivity index (χ3n) is 6.35. The van der Waals surface area contributed by atoms with E-state index in [-0.39, 0.29) is 0 Å². The minimum atomic E-state index is -0.537. The number of amides is 1. The third-order valence-corrected chi connectivity index (χ3v) is 7.16. The van der Waals surface area contributed by atoms with Gasteiger partial charge in [-0.3, -0.25) is 4.79 Å². The number of thioether (sulfide) groups is 1. The predicted molar refractivity (Wildman–Crippen MR) is 166 cm³/mol. The molecular formula is C32H39N3O4S. The fourth-order valence-corrected chi connectivity index (χ4v) is 4.97. The van der Waals surface area contributed by atoms with Crippen molar-refractivity contribution in [2.75, 3.05) is 27.1 Å². The number of carbonyl (C=O) groups is 1. The number of imidazole rings is 1. The van der Waals surface area contributed by atoms with Gasteiger partial charge >= 0.3 is 0 Å². The molecule has 1 aromatic carbocycles. The van der Waals surface area contributed by atoms with E-state index in [1.54, 1.807) is 32.8 Å². The molecule has 0 aliphatic heterocycles. The van der Waals surface area contributed by atoms with E-state index >= 15 is 0 Å². The molecule has 4 rings (SSSR count). The van der Waals surface area contributed by atoms with Crippen LogP contribution in [0.1, 0.15) is 39.5 Å². The van der Waals surface area contributed by atoms with Gasteiger partial charge in [0.25, 0.3) is 5.91 Å². The van der Waals surface area contributed by atoms with Crippen molar-refractivity contribution < 1.29 is 19.0 Å². The van der Waals surface area contributed by atoms with Crippen LogP contribution in [-0.4, -0.2) is 42.5 Å². The van der Waals surface area contributed by atoms with Gasteiger partial charge in [0.2, 0.25) is 0 Å². The minimum absolute atomic E-state index is 0.317. The van der Waals surface area contributed by atoms with Crippen LogP contribution in [0.4, 0.5) is 0 Å². The molecular weight excluding hydrogens is 522 g/mol. The number of hydrogen-bond acceptors (Lipinski definition) is 6. The average Bonchev–Trinajstić information content (AvgIpc) is 3.14. The summed E-state index contributed by atoms with van der Waals surface area (Å²) in [7, 11) is 3.18. The van der Waals surface area contributed by atoms with Crippen LogP contribution < -0.4 is 15.2 Å². The van der Waals surface area contributed by atoms with Crippen molar-refractivity contribution >= 4 is 34.9 Å². The van der Waals surface area contributed by atoms with E-state index in [9.17, 15) is 4.79 Å². The van der Waals surface area contributed by atoms with Crippen LogP contribution in [0.3, 0.4) is 0 Å². The first-order valence-electron chi connectivity index (χ1n) is 13.5. The van der Waals surface area contributed by atoms with Crippen molar-refractivity contribution in [1.29, 1.82) is 0 Å². The first-order chi connectivity index (χ1) is 19.5. The number of carbonyl (C=O) groups excluding carboxylic acids is 1. The van der Waals surface area contributed by atoms with Gasteiger partial charge in [-0.1, -0.05) is 56.4 Å². The Bertz CT molecular complexity index is 1410. The van der Waals surface area contributed by atoms with Crippen molar-refractivity contribution in [1.82, 2.24) is 9.55 Å². The van der Waals surface area contributed by atoms with Crippen LogP contribution >= 0.6 is 11.8 Å². The summed E-state index contributed by atoms with van der Waals surface area (Å²) >= 11 is 1.26. The first-order valence-corrected chi connectivity index (χ1v) is 14.7. The molecule has 1 heterocycles. The molecule has 0 atom stereocenters. The van der Waals surface area contributed by atoms with Crippen LogP contribution in [0, 0.1) is 0 Å². The van der Waals surface area contributed by atoms with Gasteiger partial charge in [0.1, 0.15) is 17.3 Å². The fraction of sp³-hybridized carbons (Fsp3) is 0.312. The number of hydrogen-bond donors (Lipinski definition) is 1. The summed E-state index contributed by atoms with van der Waals surface area (Å²) in [5.74, 6) is 1.07. The Kier molecular flexibility index (Phi) is 12.0. The molecule has 0 saturated heterocycles. The van der Waals surface area contributed by atoms with Gasteiger partial charge in [-0.2, -0.15) is 0 Å². The Hall–Kier alpha value is -3.91. The molecule has 8 heteroatoms. The maximum atomic E-state index is 12.3. The Balaban J connectivity index is 0.00000216. The first kappa shape index (κ1) is 30.6. The quantitative estimate of drug-likeness (QED) is 0.189. The summed E-state index contributed by atoms with van der Waals surface area (Å²) in [4.78, 5) is 17.1. The second-order valence-electron chi connectivity index (χ2n) is 8.69. The van der Waals surface area contributed by atoms with E-state index in [1.807, 2.05) is 36.8 Å². The summed E-state index contributed by atoms with van der Waals surface area (Å²) in [5.41, 5.74) is 10.9. The Morgan fingerprint density at radius 2 is 1.90 bits per heavy atom. The SMILES string of the molecule is CC.COc1cc2ncn(/C=C/C(OCC3=C(C4=CCC=CC=C4)CCCC=C3)=C(\SC)C(N)=O)c2cc1OC. The number of benzene rings is 1. The molecule has 2 aromatic rings. The van der Waals surface area contributed by atoms with Crippen molar-refractivity contribution in [3.8, 4) is 11.5 Å². The smallest absolute Gasteiger partial charge is 0.258 e. The molecule has 0 radical (unpaired) electrons. The van der Waals surface area contributed by atoms with Crippen LogP contribution in [-0.2, 0) is 9.53 Å². The molecule has 0 bridgehead atoms. The lowest BCUT2D eigenvalue weighted by molar-refractivity contribution is -0.114. The standard InChI is InChI=1S/C30H33N3O4S.C2H6/c1-35-27-17-24-25(18-28(27)36-2)33(20-32-24)16-15-26(29(38-3)30(31)34)37-19-22-13-9-6-10-14-23(22)21-11-7-4-5-8-12-21;1-2/h4-5,7,9,11-13,15-18,20H,6,8,10,14,19H2,1-3H3,(H2,31,34);1-2H3/b16-15+,29-26+;. The zero-order chi connectivity index (χ0) is 28.9. The van der Waals surface area contributed by atoms with E-state index in [0.717, 1.165) is 42.3 Å². The highest BCUT2D eigenvalue weighted by Crippen LogP contribution is 2.32. The fourth-order valence-electron chi connectivity index (χ4n) is 4.44. The van der Waals surface area contributed by atoms with Gasteiger partial charge in [0.15, 0.2) is 11.5 Å². The molecule has 0 spiro atoms. The molecule has 0 saturated carbocycles. The lowest BCUT2D eigenvalue weighted by Crippen LogP contribution is -2.15. The number of methoxy groups -OCH3 is 2. The third kappa shape index (κ3) is 7.60. The van der Waals surface area contributed by atoms with E-state index in [0.29, 0.717) is 28.8 Å². The van der Waals surface area contributed by atoms with Crippen molar-refractivity contribution in [3.63, 3.8) is 0 Å². The maximum Gasteiger partial charge on any atom is 0.258 e. The highest BCUT2D eigenvalue weighted by molar-refractivity contribution is 8.03. The van der Waals surface area contributed by atoms with Gasteiger partial charge in [-0.25, -0.2) is 4.98 Å². The lowest BCUT2D eigenvalue weighted by atomic mass is 9.95. The largest absolute Gasteiger partial charge is 0.493 e. The van der Waals surface area contributed by atoms with E-state index < -0.39 is 5.91 Å². The highest BCUT2D eigenvalue weighted by Gasteiger charge is 2.16. The van der Waals surface area contributed by atoms with Crippen LogP contribution in [0.5, 0.6) is 11.5 Å². The molecule has 7 nitrogen and oxygen atoms in total. The number of allylic oxidation sites excluding steroid dienone is 9. The second-order valence-corrected chi connectivity index (χ2v) is 9.51. The van der Waals surface area contributed by atoms with Gasteiger partial charge < -0.3 is 24.5 Å². The maximum absolute atomic E-state index is 12.3. The van der Waals surface area contributed by atoms with E-state index in [2.05, 4.69) is 47.5 Å². The highest BCUT2D eigenvalue weighted by atomic mass is 32.2. The zero-order valence-electron chi connectivity index (χ0n) is 24.0. The predicted octanol–water partition coefficient (Wildman–Crippen LogP) is 7.11. The molecule has 2 aliphatic carbocycles. The van der Waals surface area contributed by atoms with E-state index in [1.165, 1.54) is 22.9 Å². The summed E-state index contributed by atoms with van der Waals surface area (Å²) in [6.07, 6.45) is 26.0. The molecule has 0 fully saturated rings. The van der Waals surface area contributed by atoms with Crippen molar-refractivity contribution in [2.24, 2.45) is 5.73 Å². The van der Waals surface area contributed by atoms with E-state index in [4.69, 9.17) is 19.9 Å². The molecule has 1 aromatic heterocycles. The van der Waals surface area contributed by atoms with Gasteiger partial charge in [-0.15, -0.1) is 11.8 Å². The van der Waals surface area contributed by atoms with Crippen LogP contribution in [0.2, 0.25) is 0 Å². The number of primary amides is 1. The molecule has 2 aliphatic rings. The number of aromatic nitrogens is 2. The average molecular weight is 562 g/mol. The summed E-state index contributed by atoms with van der Waals surface area (Å²) < 4.78 is 19.0. The molecule has 1 amide bonds. The number of nitrogens with two attached hydrogens (primary N) is 1. The lowest BCUT2D eigenvalue weighted by Gasteiger charge is -2.16. The minimum Gasteiger partial charge on any atom is -0.493 e. The van der Waals surface area contributed by atoms with Crippen LogP contribution in [0.25, 0.3) is 17.2 Å². The van der Waals surface area contributed by atoms with Gasteiger partial charge in [-0.05, 0) is 54.7 Å². The number of rotatable bonds is 10. The topological polar surface area (TPSA) is 88.6 Å². The Morgan fingerprint density at radius 1 is 1.12 bits per heavy atom. The van der Waals surface area contributed by atoms with Crippen molar-refractivity contribution in [3.05, 3.63) is 94.5 Å². The normalized spacial score (nSPS) is 15.7. The Morgan fingerprint density at radius 3 is 2.62 bits per heavy atom. The summed E-state index contributed by atoms with van der Waals surface area (Å²) in [6.45, 7) is 4.32. The van der Waals surface area contributed by atoms with Crippen LogP contribution in [0.15, 0.2) is 94.5 Å². The van der Waals surface area contributed by atoms with Crippen molar-refractivity contribution in [2.45, 2.75) is 39.5 Å². The number of fused-ring (bicyclic) bond motifs is 1. The monoisotopic (exact) mass is 561 g/mol. The molecule has 212 valence electrons. The number of nitrogens with zero attached hydrogens (tertiary/aromatic N) is 2. The zero-order valence-corrected chi connectivity index (χ0v) is 24.8. The van der Waals surface area contributed by atoms with Gasteiger partial charge in [0, 0.05) is 18.3 Å². The summed E-state index contributed by atoms with van der Waals surface area (Å²) in [5, 5.41) is 0. The number of ether oxygens (including phenoxy) is 3. The molecule has 40 heavy (non-hydrogen) atoms. The molecule has 2 N–H and O–H groups in total. The second kappa shape index (κ2) is 15.6.